The number of anilines is 1. The molecule has 3 nitrogen and oxygen atoms in total. The minimum absolute atomic E-state index is 0.810. The molecular weight excluding hydrogens is 280 g/mol. The average Bonchev–Trinajstić information content (AvgIpc) is 2.99. The molecule has 0 aliphatic rings. The van der Waals surface area contributed by atoms with Crippen molar-refractivity contribution in [3.05, 3.63) is 52.3 Å². The number of thiophene rings is 1. The monoisotopic (exact) mass is 298 g/mol. The Balaban J connectivity index is 1.89. The second-order valence-corrected chi connectivity index (χ2v) is 5.82. The Labute approximate surface area is 128 Å². The van der Waals surface area contributed by atoms with Gasteiger partial charge >= 0.3 is 0 Å². The molecule has 0 saturated carbocycles. The second-order valence-electron chi connectivity index (χ2n) is 4.82. The molecule has 0 aliphatic carbocycles. The summed E-state index contributed by atoms with van der Waals surface area (Å²) in [6, 6.07) is 10.3. The van der Waals surface area contributed by atoms with Gasteiger partial charge in [-0.05, 0) is 47.0 Å². The third-order valence-corrected chi connectivity index (χ3v) is 4.57. The first-order chi connectivity index (χ1) is 10.3. The summed E-state index contributed by atoms with van der Waals surface area (Å²) in [6.45, 7) is 3.00. The van der Waals surface area contributed by atoms with Crippen molar-refractivity contribution >= 4 is 27.9 Å². The van der Waals surface area contributed by atoms with E-state index in [4.69, 9.17) is 4.74 Å². The molecular formula is C17H18N2OS. The molecule has 0 unspecified atom stereocenters. The third kappa shape index (κ3) is 2.85. The van der Waals surface area contributed by atoms with E-state index in [-0.39, 0.29) is 0 Å². The van der Waals surface area contributed by atoms with Crippen LogP contribution in [0.1, 0.15) is 17.4 Å². The zero-order valence-electron chi connectivity index (χ0n) is 12.2. The highest BCUT2D eigenvalue weighted by Gasteiger charge is 2.06. The molecule has 0 fully saturated rings. The maximum Gasteiger partial charge on any atom is 0.134 e. The van der Waals surface area contributed by atoms with Crippen molar-refractivity contribution in [1.82, 2.24) is 4.98 Å². The van der Waals surface area contributed by atoms with Gasteiger partial charge in [0.1, 0.15) is 11.6 Å². The zero-order chi connectivity index (χ0) is 14.7. The lowest BCUT2D eigenvalue weighted by Crippen LogP contribution is -2.02. The van der Waals surface area contributed by atoms with Crippen molar-refractivity contribution in [2.45, 2.75) is 19.9 Å². The molecule has 3 rings (SSSR count). The van der Waals surface area contributed by atoms with Gasteiger partial charge in [0.25, 0.3) is 0 Å². The van der Waals surface area contributed by atoms with Crippen LogP contribution in [0.5, 0.6) is 5.75 Å². The molecule has 0 spiro atoms. The van der Waals surface area contributed by atoms with Crippen LogP contribution in [0.4, 0.5) is 5.82 Å². The number of methoxy groups -OCH3 is 1. The van der Waals surface area contributed by atoms with Gasteiger partial charge in [0.05, 0.1) is 13.7 Å². The van der Waals surface area contributed by atoms with E-state index in [1.54, 1.807) is 18.4 Å². The van der Waals surface area contributed by atoms with Crippen LogP contribution >= 0.6 is 11.3 Å². The number of pyridine rings is 1. The number of aromatic nitrogens is 1. The lowest BCUT2D eigenvalue weighted by molar-refractivity contribution is 0.415. The van der Waals surface area contributed by atoms with Gasteiger partial charge in [0.2, 0.25) is 0 Å². The van der Waals surface area contributed by atoms with E-state index >= 15 is 0 Å². The molecule has 1 aromatic carbocycles. The summed E-state index contributed by atoms with van der Waals surface area (Å²) in [6.07, 6.45) is 2.91. The SMILES string of the molecule is CCc1ccsc1CNc1nccc2ccc(OC)cc12. The minimum atomic E-state index is 0.810. The van der Waals surface area contributed by atoms with Crippen molar-refractivity contribution in [2.75, 3.05) is 12.4 Å². The van der Waals surface area contributed by atoms with Gasteiger partial charge in [-0.15, -0.1) is 11.3 Å². The van der Waals surface area contributed by atoms with Crippen LogP contribution in [-0.2, 0) is 13.0 Å². The fraction of sp³-hybridized carbons (Fsp3) is 0.235. The van der Waals surface area contributed by atoms with Crippen molar-refractivity contribution in [3.8, 4) is 5.75 Å². The van der Waals surface area contributed by atoms with Crippen LogP contribution in [0.15, 0.2) is 41.9 Å². The molecule has 1 N–H and O–H groups in total. The molecule has 2 heterocycles. The van der Waals surface area contributed by atoms with Gasteiger partial charge in [0, 0.05) is 16.5 Å². The highest BCUT2D eigenvalue weighted by Crippen LogP contribution is 2.27. The summed E-state index contributed by atoms with van der Waals surface area (Å²) in [5.74, 6) is 1.76. The summed E-state index contributed by atoms with van der Waals surface area (Å²) >= 11 is 1.79. The molecule has 108 valence electrons. The van der Waals surface area contributed by atoms with Crippen molar-refractivity contribution < 1.29 is 4.74 Å². The van der Waals surface area contributed by atoms with Crippen molar-refractivity contribution in [3.63, 3.8) is 0 Å². The molecule has 0 bridgehead atoms. The fourth-order valence-electron chi connectivity index (χ4n) is 2.42. The van der Waals surface area contributed by atoms with E-state index in [0.29, 0.717) is 0 Å². The normalized spacial score (nSPS) is 10.8. The number of hydrogen-bond donors (Lipinski definition) is 1. The molecule has 0 aliphatic heterocycles. The predicted molar refractivity (Wildman–Crippen MR) is 89.3 cm³/mol. The Morgan fingerprint density at radius 3 is 2.95 bits per heavy atom. The summed E-state index contributed by atoms with van der Waals surface area (Å²) in [5.41, 5.74) is 1.41. The van der Waals surface area contributed by atoms with Crippen molar-refractivity contribution in [1.29, 1.82) is 0 Å². The third-order valence-electron chi connectivity index (χ3n) is 3.61. The highest BCUT2D eigenvalue weighted by molar-refractivity contribution is 7.10. The van der Waals surface area contributed by atoms with Gasteiger partial charge in [-0.1, -0.05) is 13.0 Å². The maximum atomic E-state index is 5.31. The predicted octanol–water partition coefficient (Wildman–Crippen LogP) is 4.48. The van der Waals surface area contributed by atoms with Gasteiger partial charge in [0.15, 0.2) is 0 Å². The number of nitrogens with zero attached hydrogens (tertiary/aromatic N) is 1. The molecule has 4 heteroatoms. The van der Waals surface area contributed by atoms with E-state index in [1.807, 2.05) is 24.4 Å². The Hall–Kier alpha value is -2.07. The van der Waals surface area contributed by atoms with Gasteiger partial charge in [-0.3, -0.25) is 0 Å². The maximum absolute atomic E-state index is 5.31. The van der Waals surface area contributed by atoms with Gasteiger partial charge in [-0.25, -0.2) is 4.98 Å². The van der Waals surface area contributed by atoms with Gasteiger partial charge < -0.3 is 10.1 Å². The summed E-state index contributed by atoms with van der Waals surface area (Å²) in [4.78, 5) is 5.85. The smallest absolute Gasteiger partial charge is 0.134 e. The van der Waals surface area contributed by atoms with E-state index in [0.717, 1.165) is 35.3 Å². The standard InChI is InChI=1S/C17H18N2OS/c1-3-12-7-9-21-16(12)11-19-17-15-10-14(20-2)5-4-13(15)6-8-18-17/h4-10H,3,11H2,1-2H3,(H,18,19). The topological polar surface area (TPSA) is 34.2 Å². The Kier molecular flexibility index (Phi) is 4.06. The number of nitrogens with one attached hydrogen (secondary N) is 1. The van der Waals surface area contributed by atoms with Crippen LogP contribution in [0.2, 0.25) is 0 Å². The van der Waals surface area contributed by atoms with Crippen LogP contribution < -0.4 is 10.1 Å². The molecule has 0 atom stereocenters. The highest BCUT2D eigenvalue weighted by atomic mass is 32.1. The summed E-state index contributed by atoms with van der Waals surface area (Å²) in [5, 5.41) is 7.86. The van der Waals surface area contributed by atoms with Crippen LogP contribution in [0.25, 0.3) is 10.8 Å². The molecule has 21 heavy (non-hydrogen) atoms. The summed E-state index contributed by atoms with van der Waals surface area (Å²) in [7, 11) is 1.68. The minimum Gasteiger partial charge on any atom is -0.497 e. The Morgan fingerprint density at radius 1 is 1.24 bits per heavy atom. The number of fused-ring (bicyclic) bond motifs is 1. The van der Waals surface area contributed by atoms with Crippen molar-refractivity contribution in [2.24, 2.45) is 0 Å². The number of aryl methyl sites for hydroxylation is 1. The Bertz CT molecular complexity index is 751. The lowest BCUT2D eigenvalue weighted by atomic mass is 10.1. The average molecular weight is 298 g/mol. The van der Waals surface area contributed by atoms with Gasteiger partial charge in [-0.2, -0.15) is 0 Å². The van der Waals surface area contributed by atoms with E-state index in [9.17, 15) is 0 Å². The Morgan fingerprint density at radius 2 is 2.14 bits per heavy atom. The molecule has 3 aromatic rings. The van der Waals surface area contributed by atoms with Crippen LogP contribution in [-0.4, -0.2) is 12.1 Å². The molecule has 0 amide bonds. The number of ether oxygens (including phenoxy) is 1. The van der Waals surface area contributed by atoms with E-state index in [1.165, 1.54) is 10.4 Å². The molecule has 2 aromatic heterocycles. The number of hydrogen-bond acceptors (Lipinski definition) is 4. The molecule has 0 radical (unpaired) electrons. The van der Waals surface area contributed by atoms with Crippen LogP contribution in [0.3, 0.4) is 0 Å². The van der Waals surface area contributed by atoms with Crippen LogP contribution in [0, 0.1) is 0 Å². The lowest BCUT2D eigenvalue weighted by Gasteiger charge is -2.10. The first-order valence-corrected chi connectivity index (χ1v) is 7.91. The fourth-order valence-corrected chi connectivity index (χ4v) is 3.33. The second kappa shape index (κ2) is 6.14. The quantitative estimate of drug-likeness (QED) is 0.754. The summed E-state index contributed by atoms with van der Waals surface area (Å²) < 4.78 is 5.31. The van der Waals surface area contributed by atoms with E-state index < -0.39 is 0 Å². The molecule has 0 saturated heterocycles. The van der Waals surface area contributed by atoms with E-state index in [2.05, 4.69) is 34.7 Å². The zero-order valence-corrected chi connectivity index (χ0v) is 13.0. The number of benzene rings is 1. The first-order valence-electron chi connectivity index (χ1n) is 7.03. The first kappa shape index (κ1) is 13.9. The number of rotatable bonds is 5. The largest absolute Gasteiger partial charge is 0.497 e.